The summed E-state index contributed by atoms with van der Waals surface area (Å²) in [6.45, 7) is 0.433. The molecular formula is C20H20N4O3. The van der Waals surface area contributed by atoms with Crippen molar-refractivity contribution in [3.63, 3.8) is 0 Å². The number of hydrogen-bond acceptors (Lipinski definition) is 6. The van der Waals surface area contributed by atoms with Gasteiger partial charge < -0.3 is 20.1 Å². The lowest BCUT2D eigenvalue weighted by Gasteiger charge is -2.11. The molecule has 0 aliphatic heterocycles. The van der Waals surface area contributed by atoms with Crippen LogP contribution in [-0.4, -0.2) is 30.1 Å². The monoisotopic (exact) mass is 364 g/mol. The number of nitrogens with one attached hydrogen (secondary N) is 2. The Balaban J connectivity index is 1.69. The third-order valence-electron chi connectivity index (χ3n) is 3.85. The molecule has 1 aromatic heterocycles. The van der Waals surface area contributed by atoms with Crippen molar-refractivity contribution in [2.24, 2.45) is 0 Å². The van der Waals surface area contributed by atoms with E-state index in [1.165, 1.54) is 6.33 Å². The number of anilines is 2. The van der Waals surface area contributed by atoms with E-state index in [4.69, 9.17) is 9.47 Å². The Kier molecular flexibility index (Phi) is 5.84. The van der Waals surface area contributed by atoms with E-state index in [1.54, 1.807) is 32.4 Å². The lowest BCUT2D eigenvalue weighted by Crippen LogP contribution is -2.24. The number of aromatic nitrogens is 2. The molecule has 0 fully saturated rings. The van der Waals surface area contributed by atoms with Crippen LogP contribution in [0.2, 0.25) is 0 Å². The van der Waals surface area contributed by atoms with Gasteiger partial charge in [-0.25, -0.2) is 9.97 Å². The lowest BCUT2D eigenvalue weighted by molar-refractivity contribution is 0.0946. The zero-order valence-corrected chi connectivity index (χ0v) is 15.1. The van der Waals surface area contributed by atoms with Crippen molar-refractivity contribution < 1.29 is 14.3 Å². The Morgan fingerprint density at radius 1 is 0.963 bits per heavy atom. The third kappa shape index (κ3) is 4.72. The third-order valence-corrected chi connectivity index (χ3v) is 3.85. The fraction of sp³-hybridized carbons (Fsp3) is 0.150. The molecule has 0 bridgehead atoms. The minimum absolute atomic E-state index is 0.267. The molecule has 7 nitrogen and oxygen atoms in total. The summed E-state index contributed by atoms with van der Waals surface area (Å²) in [5.74, 6) is 1.46. The van der Waals surface area contributed by atoms with Crippen LogP contribution in [-0.2, 0) is 6.54 Å². The maximum Gasteiger partial charge on any atom is 0.270 e. The van der Waals surface area contributed by atoms with Gasteiger partial charge in [0.05, 0.1) is 14.2 Å². The van der Waals surface area contributed by atoms with E-state index < -0.39 is 0 Å². The normalized spacial score (nSPS) is 10.1. The molecule has 2 N–H and O–H groups in total. The molecule has 0 radical (unpaired) electrons. The Hall–Kier alpha value is -3.61. The van der Waals surface area contributed by atoms with E-state index in [1.807, 2.05) is 36.4 Å². The molecule has 3 aromatic rings. The molecule has 0 unspecified atom stereocenters. The van der Waals surface area contributed by atoms with Crippen LogP contribution in [0.15, 0.2) is 60.9 Å². The van der Waals surface area contributed by atoms with E-state index in [0.29, 0.717) is 23.9 Å². The maximum absolute atomic E-state index is 12.3. The Bertz CT molecular complexity index is 916. The van der Waals surface area contributed by atoms with Crippen LogP contribution >= 0.6 is 0 Å². The van der Waals surface area contributed by atoms with Gasteiger partial charge in [-0.15, -0.1) is 0 Å². The molecule has 0 saturated carbocycles. The highest BCUT2D eigenvalue weighted by molar-refractivity contribution is 5.92. The van der Waals surface area contributed by atoms with Crippen LogP contribution in [0.25, 0.3) is 0 Å². The van der Waals surface area contributed by atoms with E-state index >= 15 is 0 Å². The van der Waals surface area contributed by atoms with Crippen LogP contribution in [0, 0.1) is 0 Å². The van der Waals surface area contributed by atoms with Crippen LogP contribution < -0.4 is 20.1 Å². The lowest BCUT2D eigenvalue weighted by atomic mass is 10.2. The summed E-state index contributed by atoms with van der Waals surface area (Å²) >= 11 is 0. The molecule has 0 aliphatic carbocycles. The van der Waals surface area contributed by atoms with Gasteiger partial charge in [0.15, 0.2) is 11.5 Å². The number of methoxy groups -OCH3 is 2. The zero-order valence-electron chi connectivity index (χ0n) is 15.1. The van der Waals surface area contributed by atoms with Gasteiger partial charge in [0.2, 0.25) is 0 Å². The molecule has 0 aliphatic rings. The second-order valence-electron chi connectivity index (χ2n) is 5.65. The summed E-state index contributed by atoms with van der Waals surface area (Å²) in [6, 6.07) is 16.7. The van der Waals surface area contributed by atoms with Gasteiger partial charge >= 0.3 is 0 Å². The minimum atomic E-state index is -0.267. The van der Waals surface area contributed by atoms with Crippen molar-refractivity contribution in [1.29, 1.82) is 0 Å². The van der Waals surface area contributed by atoms with Gasteiger partial charge in [-0.2, -0.15) is 0 Å². The molecule has 138 valence electrons. The largest absolute Gasteiger partial charge is 0.493 e. The first kappa shape index (κ1) is 18.2. The van der Waals surface area contributed by atoms with Gasteiger partial charge in [0.25, 0.3) is 5.91 Å². The van der Waals surface area contributed by atoms with Crippen LogP contribution in [0.5, 0.6) is 11.5 Å². The van der Waals surface area contributed by atoms with Gasteiger partial charge in [-0.3, -0.25) is 4.79 Å². The van der Waals surface area contributed by atoms with Gasteiger partial charge in [0, 0.05) is 24.4 Å². The Morgan fingerprint density at radius 2 is 1.74 bits per heavy atom. The summed E-state index contributed by atoms with van der Waals surface area (Å²) in [5.41, 5.74) is 2.05. The number of hydrogen-bond donors (Lipinski definition) is 2. The Morgan fingerprint density at radius 3 is 2.48 bits per heavy atom. The van der Waals surface area contributed by atoms with Crippen molar-refractivity contribution in [2.75, 3.05) is 19.5 Å². The van der Waals surface area contributed by atoms with Gasteiger partial charge in [0.1, 0.15) is 17.8 Å². The molecule has 27 heavy (non-hydrogen) atoms. The first-order valence-corrected chi connectivity index (χ1v) is 8.33. The topological polar surface area (TPSA) is 85.4 Å². The van der Waals surface area contributed by atoms with Crippen molar-refractivity contribution in [1.82, 2.24) is 15.3 Å². The average molecular weight is 364 g/mol. The van der Waals surface area contributed by atoms with Crippen LogP contribution in [0.3, 0.4) is 0 Å². The first-order valence-electron chi connectivity index (χ1n) is 8.33. The van der Waals surface area contributed by atoms with Crippen molar-refractivity contribution in [2.45, 2.75) is 6.54 Å². The van der Waals surface area contributed by atoms with Crippen molar-refractivity contribution in [3.8, 4) is 11.5 Å². The van der Waals surface area contributed by atoms with E-state index in [2.05, 4.69) is 20.6 Å². The van der Waals surface area contributed by atoms with E-state index in [-0.39, 0.29) is 11.6 Å². The number of ether oxygens (including phenoxy) is 2. The number of carbonyl (C=O) groups excluding carboxylic acids is 1. The summed E-state index contributed by atoms with van der Waals surface area (Å²) in [7, 11) is 3.15. The second-order valence-corrected chi connectivity index (χ2v) is 5.65. The van der Waals surface area contributed by atoms with E-state index in [9.17, 15) is 4.79 Å². The summed E-state index contributed by atoms with van der Waals surface area (Å²) < 4.78 is 10.5. The predicted octanol–water partition coefficient (Wildman–Crippen LogP) is 3.17. The van der Waals surface area contributed by atoms with E-state index in [0.717, 1.165) is 11.3 Å². The van der Waals surface area contributed by atoms with Gasteiger partial charge in [-0.05, 0) is 17.7 Å². The molecule has 0 spiro atoms. The summed E-state index contributed by atoms with van der Waals surface area (Å²) in [6.07, 6.45) is 1.35. The number of rotatable bonds is 7. The number of nitrogens with zero attached hydrogens (tertiary/aromatic N) is 2. The van der Waals surface area contributed by atoms with Gasteiger partial charge in [-0.1, -0.05) is 30.3 Å². The minimum Gasteiger partial charge on any atom is -0.493 e. The number of amides is 1. The number of carbonyl (C=O) groups is 1. The second kappa shape index (κ2) is 8.66. The highest BCUT2D eigenvalue weighted by Crippen LogP contribution is 2.30. The van der Waals surface area contributed by atoms with Crippen molar-refractivity contribution in [3.05, 3.63) is 72.2 Å². The number of benzene rings is 2. The average Bonchev–Trinajstić information content (AvgIpc) is 2.73. The zero-order chi connectivity index (χ0) is 19.1. The highest BCUT2D eigenvalue weighted by Gasteiger charge is 2.10. The molecule has 3 rings (SSSR count). The molecule has 1 amide bonds. The summed E-state index contributed by atoms with van der Waals surface area (Å²) in [4.78, 5) is 20.5. The molecule has 1 heterocycles. The molecule has 0 saturated heterocycles. The van der Waals surface area contributed by atoms with Crippen molar-refractivity contribution >= 4 is 17.4 Å². The molecular weight excluding hydrogens is 344 g/mol. The fourth-order valence-corrected chi connectivity index (χ4v) is 2.48. The fourth-order valence-electron chi connectivity index (χ4n) is 2.48. The standard InChI is InChI=1S/C20H20N4O3/c1-26-17-9-8-15(10-18(17)27-2)24-19-11-16(22-13-23-19)20(25)21-12-14-6-4-3-5-7-14/h3-11,13H,12H2,1-2H3,(H,21,25)(H,22,23,24). The molecule has 2 aromatic carbocycles. The SMILES string of the molecule is COc1ccc(Nc2cc(C(=O)NCc3ccccc3)ncn2)cc1OC. The quantitative estimate of drug-likeness (QED) is 0.670. The highest BCUT2D eigenvalue weighted by atomic mass is 16.5. The Labute approximate surface area is 157 Å². The maximum atomic E-state index is 12.3. The predicted molar refractivity (Wildman–Crippen MR) is 102 cm³/mol. The smallest absolute Gasteiger partial charge is 0.270 e. The van der Waals surface area contributed by atoms with Crippen LogP contribution in [0.4, 0.5) is 11.5 Å². The summed E-state index contributed by atoms with van der Waals surface area (Å²) in [5, 5.41) is 5.98. The van der Waals surface area contributed by atoms with Crippen LogP contribution in [0.1, 0.15) is 16.1 Å². The molecule has 0 atom stereocenters. The molecule has 7 heteroatoms. The first-order chi connectivity index (χ1) is 13.2.